The van der Waals surface area contributed by atoms with Gasteiger partial charge in [0.1, 0.15) is 12.4 Å². The van der Waals surface area contributed by atoms with Gasteiger partial charge in [0.15, 0.2) is 9.84 Å². The summed E-state index contributed by atoms with van der Waals surface area (Å²) in [5.74, 6) is 0.0632. The van der Waals surface area contributed by atoms with Crippen molar-refractivity contribution in [2.24, 2.45) is 0 Å². The number of aliphatic hydroxyl groups is 1. The maximum absolute atomic E-state index is 13.0. The zero-order valence-electron chi connectivity index (χ0n) is 20.0. The number of carbonyl (C=O) groups excluding carboxylic acids is 1. The quantitative estimate of drug-likeness (QED) is 0.560. The van der Waals surface area contributed by atoms with Crippen LogP contribution in [0.15, 0.2) is 76.9 Å². The van der Waals surface area contributed by atoms with Crippen LogP contribution in [-0.4, -0.2) is 51.0 Å². The minimum absolute atomic E-state index is 0.0330. The van der Waals surface area contributed by atoms with Crippen LogP contribution in [0, 0.1) is 0 Å². The van der Waals surface area contributed by atoms with Crippen molar-refractivity contribution in [2.75, 3.05) is 30.4 Å². The van der Waals surface area contributed by atoms with E-state index in [4.69, 9.17) is 4.74 Å². The summed E-state index contributed by atoms with van der Waals surface area (Å²) in [6.45, 7) is 1.95. The van der Waals surface area contributed by atoms with Crippen LogP contribution >= 0.6 is 0 Å². The van der Waals surface area contributed by atoms with Crippen molar-refractivity contribution < 1.29 is 36.2 Å². The van der Waals surface area contributed by atoms with Gasteiger partial charge in [-0.25, -0.2) is 8.42 Å². The molecule has 1 aliphatic heterocycles. The Hall–Kier alpha value is -3.31. The Balaban J connectivity index is 1.46. The molecule has 2 N–H and O–H groups in total. The SMILES string of the molecule is CCS(=O)(=O)c1ccc(C(CO)NC(=O)C2=CC[C@@H]3C(=C2)OCCN3c2ccc(C(F)(F)F)cc2)cc1. The van der Waals surface area contributed by atoms with Gasteiger partial charge in [-0.2, -0.15) is 13.2 Å². The number of hydrogen-bond acceptors (Lipinski definition) is 6. The number of amides is 1. The summed E-state index contributed by atoms with van der Waals surface area (Å²) in [5, 5.41) is 12.6. The maximum atomic E-state index is 13.0. The number of sulfone groups is 1. The fourth-order valence-electron chi connectivity index (χ4n) is 4.36. The van der Waals surface area contributed by atoms with Gasteiger partial charge in [0, 0.05) is 11.3 Å². The van der Waals surface area contributed by atoms with E-state index in [1.807, 2.05) is 4.90 Å². The highest BCUT2D eigenvalue weighted by Gasteiger charge is 2.33. The highest BCUT2D eigenvalue weighted by Crippen LogP contribution is 2.34. The topological polar surface area (TPSA) is 95.9 Å². The summed E-state index contributed by atoms with van der Waals surface area (Å²) in [4.78, 5) is 15.1. The van der Waals surface area contributed by atoms with Gasteiger partial charge < -0.3 is 20.1 Å². The van der Waals surface area contributed by atoms with Gasteiger partial charge in [-0.05, 0) is 54.5 Å². The van der Waals surface area contributed by atoms with Crippen molar-refractivity contribution in [1.29, 1.82) is 0 Å². The standard InChI is InChI=1S/C26H27F3N2O5S/c1-2-37(34,35)21-10-3-17(4-11-21)22(16-32)30-25(33)18-5-12-23-24(15-18)36-14-13-31(23)20-8-6-19(7-9-20)26(27,28)29/h3-11,15,22-23,32H,2,12-14,16H2,1H3,(H,30,33)/t22?,23-/m1/s1. The first kappa shape index (κ1) is 26.7. The van der Waals surface area contributed by atoms with E-state index in [0.29, 0.717) is 42.2 Å². The van der Waals surface area contributed by atoms with E-state index >= 15 is 0 Å². The van der Waals surface area contributed by atoms with Gasteiger partial charge in [-0.1, -0.05) is 25.1 Å². The fraction of sp³-hybridized carbons (Fsp3) is 0.346. The molecule has 0 spiro atoms. The largest absolute Gasteiger partial charge is 0.494 e. The van der Waals surface area contributed by atoms with Crippen LogP contribution < -0.4 is 10.2 Å². The molecule has 2 atom stereocenters. The highest BCUT2D eigenvalue weighted by molar-refractivity contribution is 7.91. The predicted molar refractivity (Wildman–Crippen MR) is 131 cm³/mol. The number of fused-ring (bicyclic) bond motifs is 1. The number of carbonyl (C=O) groups is 1. The number of morpholine rings is 1. The minimum atomic E-state index is -4.41. The Morgan fingerprint density at radius 3 is 2.43 bits per heavy atom. The van der Waals surface area contributed by atoms with E-state index in [-0.39, 0.29) is 16.7 Å². The molecule has 1 saturated heterocycles. The molecular formula is C26H27F3N2O5S. The van der Waals surface area contributed by atoms with Crippen molar-refractivity contribution in [2.45, 2.75) is 36.5 Å². The van der Waals surface area contributed by atoms with E-state index in [0.717, 1.165) is 12.1 Å². The number of benzene rings is 2. The number of ether oxygens (including phenoxy) is 1. The Bertz CT molecular complexity index is 1300. The monoisotopic (exact) mass is 536 g/mol. The van der Waals surface area contributed by atoms with Gasteiger partial charge in [0.2, 0.25) is 0 Å². The first-order chi connectivity index (χ1) is 17.5. The van der Waals surface area contributed by atoms with Gasteiger partial charge in [0.25, 0.3) is 5.91 Å². The second kappa shape index (κ2) is 10.6. The number of halogens is 3. The first-order valence-corrected chi connectivity index (χ1v) is 13.4. The molecule has 2 aromatic carbocycles. The summed E-state index contributed by atoms with van der Waals surface area (Å²) in [6, 6.07) is 9.95. The molecule has 0 saturated carbocycles. The lowest BCUT2D eigenvalue weighted by molar-refractivity contribution is -0.137. The fourth-order valence-corrected chi connectivity index (χ4v) is 5.24. The molecule has 0 bridgehead atoms. The van der Waals surface area contributed by atoms with Crippen molar-refractivity contribution >= 4 is 21.4 Å². The smallest absolute Gasteiger partial charge is 0.416 e. The van der Waals surface area contributed by atoms with E-state index in [9.17, 15) is 31.5 Å². The number of hydrogen-bond donors (Lipinski definition) is 2. The Kier molecular flexibility index (Phi) is 7.65. The predicted octanol–water partition coefficient (Wildman–Crippen LogP) is 3.77. The summed E-state index contributed by atoms with van der Waals surface area (Å²) in [6.07, 6.45) is -0.680. The molecule has 0 aromatic heterocycles. The average Bonchev–Trinajstić information content (AvgIpc) is 2.90. The second-order valence-electron chi connectivity index (χ2n) is 8.73. The Morgan fingerprint density at radius 1 is 1.16 bits per heavy atom. The summed E-state index contributed by atoms with van der Waals surface area (Å²) in [7, 11) is -3.37. The first-order valence-electron chi connectivity index (χ1n) is 11.8. The molecule has 1 unspecified atom stereocenters. The molecule has 2 aromatic rings. The average molecular weight is 537 g/mol. The zero-order chi connectivity index (χ0) is 26.8. The van der Waals surface area contributed by atoms with Crippen LogP contribution in [0.2, 0.25) is 0 Å². The van der Waals surface area contributed by atoms with E-state index < -0.39 is 40.1 Å². The van der Waals surface area contributed by atoms with Gasteiger partial charge >= 0.3 is 6.18 Å². The summed E-state index contributed by atoms with van der Waals surface area (Å²) in [5.41, 5.74) is 0.796. The molecule has 11 heteroatoms. The third-order valence-corrected chi connectivity index (χ3v) is 8.21. The molecule has 0 radical (unpaired) electrons. The maximum Gasteiger partial charge on any atom is 0.416 e. The number of anilines is 1. The molecule has 4 rings (SSSR count). The van der Waals surface area contributed by atoms with Gasteiger partial charge in [-0.3, -0.25) is 4.79 Å². The highest BCUT2D eigenvalue weighted by atomic mass is 32.2. The number of alkyl halides is 3. The van der Waals surface area contributed by atoms with E-state index in [1.165, 1.54) is 24.3 Å². The van der Waals surface area contributed by atoms with Gasteiger partial charge in [-0.15, -0.1) is 0 Å². The molecule has 37 heavy (non-hydrogen) atoms. The molecule has 1 heterocycles. The van der Waals surface area contributed by atoms with E-state index in [1.54, 1.807) is 31.2 Å². The lowest BCUT2D eigenvalue weighted by atomic mass is 9.96. The molecule has 1 aliphatic carbocycles. The number of aliphatic hydroxyl groups excluding tert-OH is 1. The third kappa shape index (κ3) is 5.83. The van der Waals surface area contributed by atoms with Crippen LogP contribution in [0.1, 0.15) is 30.5 Å². The number of rotatable bonds is 7. The number of nitrogens with one attached hydrogen (secondary N) is 1. The number of nitrogens with zero attached hydrogens (tertiary/aromatic N) is 1. The lowest BCUT2D eigenvalue weighted by Crippen LogP contribution is -2.45. The van der Waals surface area contributed by atoms with Crippen LogP contribution in [-0.2, 0) is 25.5 Å². The molecule has 7 nitrogen and oxygen atoms in total. The van der Waals surface area contributed by atoms with Crippen molar-refractivity contribution in [3.63, 3.8) is 0 Å². The normalized spacial score (nSPS) is 18.7. The van der Waals surface area contributed by atoms with Crippen LogP contribution in [0.4, 0.5) is 18.9 Å². The Morgan fingerprint density at radius 2 is 1.84 bits per heavy atom. The minimum Gasteiger partial charge on any atom is -0.494 e. The van der Waals surface area contributed by atoms with Crippen LogP contribution in [0.5, 0.6) is 0 Å². The van der Waals surface area contributed by atoms with Crippen molar-refractivity contribution in [1.82, 2.24) is 5.32 Å². The van der Waals surface area contributed by atoms with Crippen LogP contribution in [0.3, 0.4) is 0 Å². The molecule has 2 aliphatic rings. The molecule has 198 valence electrons. The lowest BCUT2D eigenvalue weighted by Gasteiger charge is -2.40. The van der Waals surface area contributed by atoms with Crippen LogP contribution in [0.25, 0.3) is 0 Å². The van der Waals surface area contributed by atoms with Gasteiger partial charge in [0.05, 0.1) is 41.4 Å². The van der Waals surface area contributed by atoms with Crippen molar-refractivity contribution in [3.8, 4) is 0 Å². The third-order valence-electron chi connectivity index (χ3n) is 6.46. The summed E-state index contributed by atoms with van der Waals surface area (Å²) < 4.78 is 68.6. The molecular weight excluding hydrogens is 509 g/mol. The molecule has 1 fully saturated rings. The zero-order valence-corrected chi connectivity index (χ0v) is 20.8. The Labute approximate surface area is 213 Å². The second-order valence-corrected chi connectivity index (χ2v) is 11.0. The van der Waals surface area contributed by atoms with Crippen molar-refractivity contribution in [3.05, 3.63) is 83.1 Å². The van der Waals surface area contributed by atoms with E-state index in [2.05, 4.69) is 5.32 Å². The molecule has 1 amide bonds. The summed E-state index contributed by atoms with van der Waals surface area (Å²) >= 11 is 0.